The number of nitrogens with one attached hydrogen (secondary N) is 2. The number of carbonyl (C=O) groups excluding carboxylic acids is 2. The van der Waals surface area contributed by atoms with Crippen molar-refractivity contribution in [3.63, 3.8) is 0 Å². The Labute approximate surface area is 229 Å². The van der Waals surface area contributed by atoms with Crippen LogP contribution >= 0.6 is 22.9 Å². The van der Waals surface area contributed by atoms with E-state index in [0.29, 0.717) is 30.6 Å². The van der Waals surface area contributed by atoms with Crippen molar-refractivity contribution in [2.45, 2.75) is 24.8 Å². The van der Waals surface area contributed by atoms with Crippen LogP contribution < -0.4 is 10.6 Å². The third-order valence-corrected chi connectivity index (χ3v) is 7.63. The van der Waals surface area contributed by atoms with Crippen molar-refractivity contribution in [3.05, 3.63) is 51.3 Å². The highest BCUT2D eigenvalue weighted by atomic mass is 35.5. The molecular formula is C23H25ClF3N7O4S. The molecule has 0 bridgehead atoms. The van der Waals surface area contributed by atoms with Crippen molar-refractivity contribution in [2.24, 2.45) is 0 Å². The Morgan fingerprint density at radius 1 is 1.21 bits per heavy atom. The van der Waals surface area contributed by atoms with E-state index in [2.05, 4.69) is 20.7 Å². The highest BCUT2D eigenvalue weighted by molar-refractivity contribution is 7.16. The van der Waals surface area contributed by atoms with Crippen LogP contribution in [0.25, 0.3) is 0 Å². The standard InChI is InChI=1S/C23H25ClF3N7O4S/c24-16-2-1-15(39-16)11-29-22-30-20(31-34(22)21(36)14-3-8-38-13-14)18-19(23(25,26)27)28-4-5-33(18)17(35)12-32-6-9-37-10-7-32/h1-3,8,13,18-19,28H,4-7,9-12H2,(H,29,30,31). The number of thiophene rings is 1. The summed E-state index contributed by atoms with van der Waals surface area (Å²) in [5.74, 6) is -1.54. The fraction of sp³-hybridized carbons (Fsp3) is 0.478. The molecule has 2 unspecified atom stereocenters. The number of aromatic nitrogens is 3. The van der Waals surface area contributed by atoms with Crippen molar-refractivity contribution in [3.8, 4) is 0 Å². The smallest absolute Gasteiger partial charge is 0.406 e. The van der Waals surface area contributed by atoms with Gasteiger partial charge in [0.25, 0.3) is 5.91 Å². The Bertz CT molecular complexity index is 1290. The zero-order chi connectivity index (χ0) is 27.6. The van der Waals surface area contributed by atoms with Gasteiger partial charge in [-0.1, -0.05) is 11.6 Å². The maximum Gasteiger partial charge on any atom is 0.406 e. The molecule has 3 aromatic heterocycles. The second kappa shape index (κ2) is 11.6. The number of carbonyl (C=O) groups is 2. The molecule has 0 saturated carbocycles. The van der Waals surface area contributed by atoms with E-state index < -0.39 is 30.1 Å². The summed E-state index contributed by atoms with van der Waals surface area (Å²) < 4.78 is 54.5. The lowest BCUT2D eigenvalue weighted by molar-refractivity contribution is -0.182. The van der Waals surface area contributed by atoms with Gasteiger partial charge in [-0.25, -0.2) is 0 Å². The molecule has 0 radical (unpaired) electrons. The van der Waals surface area contributed by atoms with E-state index in [0.717, 1.165) is 14.5 Å². The Morgan fingerprint density at radius 3 is 2.67 bits per heavy atom. The van der Waals surface area contributed by atoms with Gasteiger partial charge in [0.05, 0.1) is 42.5 Å². The van der Waals surface area contributed by atoms with Gasteiger partial charge in [0.1, 0.15) is 18.3 Å². The van der Waals surface area contributed by atoms with Crippen LogP contribution in [0.1, 0.15) is 27.1 Å². The molecule has 39 heavy (non-hydrogen) atoms. The molecule has 1 amide bonds. The fourth-order valence-corrected chi connectivity index (χ4v) is 5.53. The number of nitrogens with zero attached hydrogens (tertiary/aromatic N) is 5. The number of morpholine rings is 1. The number of amides is 1. The number of halogens is 4. The SMILES string of the molecule is O=C(CN1CCOCC1)N1CCNC(C(F)(F)F)C1c1nc(NCc2ccc(Cl)s2)n(C(=O)c2ccoc2)n1. The van der Waals surface area contributed by atoms with Crippen molar-refractivity contribution >= 4 is 40.7 Å². The summed E-state index contributed by atoms with van der Waals surface area (Å²) in [7, 11) is 0. The molecule has 2 fully saturated rings. The van der Waals surface area contributed by atoms with Gasteiger partial charge in [0.15, 0.2) is 5.82 Å². The summed E-state index contributed by atoms with van der Waals surface area (Å²) in [6.07, 6.45) is -2.22. The topological polar surface area (TPSA) is 118 Å². The van der Waals surface area contributed by atoms with Crippen molar-refractivity contribution in [1.82, 2.24) is 29.9 Å². The third kappa shape index (κ3) is 6.27. The molecule has 2 saturated heterocycles. The van der Waals surface area contributed by atoms with Gasteiger partial charge in [-0.2, -0.15) is 22.8 Å². The molecule has 0 spiro atoms. The molecule has 0 aromatic carbocycles. The van der Waals surface area contributed by atoms with Crippen LogP contribution in [0.15, 0.2) is 35.1 Å². The monoisotopic (exact) mass is 587 g/mol. The first-order valence-corrected chi connectivity index (χ1v) is 13.3. The second-order valence-electron chi connectivity index (χ2n) is 8.98. The molecular weight excluding hydrogens is 563 g/mol. The molecule has 16 heteroatoms. The van der Waals surface area contributed by atoms with Crippen LogP contribution in [0.3, 0.4) is 0 Å². The summed E-state index contributed by atoms with van der Waals surface area (Å²) in [6.45, 7) is 1.96. The molecule has 11 nitrogen and oxygen atoms in total. The number of rotatable bonds is 7. The van der Waals surface area contributed by atoms with E-state index in [1.807, 2.05) is 4.90 Å². The number of anilines is 1. The minimum Gasteiger partial charge on any atom is -0.472 e. The molecule has 3 aromatic rings. The summed E-state index contributed by atoms with van der Waals surface area (Å²) in [5, 5.41) is 9.65. The lowest BCUT2D eigenvalue weighted by atomic mass is 10.0. The van der Waals surface area contributed by atoms with E-state index in [1.165, 1.54) is 29.9 Å². The second-order valence-corrected chi connectivity index (χ2v) is 10.8. The normalized spacial score (nSPS) is 20.8. The highest BCUT2D eigenvalue weighted by Gasteiger charge is 2.52. The lowest BCUT2D eigenvalue weighted by Gasteiger charge is -2.42. The van der Waals surface area contributed by atoms with Gasteiger partial charge in [0, 0.05) is 31.1 Å². The Morgan fingerprint density at radius 2 is 2.00 bits per heavy atom. The number of furan rings is 1. The quantitative estimate of drug-likeness (QED) is 0.430. The number of ether oxygens (including phenoxy) is 1. The van der Waals surface area contributed by atoms with E-state index in [1.54, 1.807) is 12.1 Å². The molecule has 2 N–H and O–H groups in total. The first-order valence-electron chi connectivity index (χ1n) is 12.1. The Hall–Kier alpha value is -2.98. The van der Waals surface area contributed by atoms with Crippen LogP contribution in [0, 0.1) is 0 Å². The van der Waals surface area contributed by atoms with Crippen molar-refractivity contribution in [1.29, 1.82) is 0 Å². The zero-order valence-electron chi connectivity index (χ0n) is 20.5. The summed E-state index contributed by atoms with van der Waals surface area (Å²) >= 11 is 7.30. The Balaban J connectivity index is 1.49. The lowest BCUT2D eigenvalue weighted by Crippen LogP contribution is -2.61. The van der Waals surface area contributed by atoms with Crippen molar-refractivity contribution in [2.75, 3.05) is 51.3 Å². The zero-order valence-corrected chi connectivity index (χ0v) is 22.1. The summed E-state index contributed by atoms with van der Waals surface area (Å²) in [6, 6.07) is 1.16. The predicted octanol–water partition coefficient (Wildman–Crippen LogP) is 2.62. The fourth-order valence-electron chi connectivity index (χ4n) is 4.51. The molecule has 0 aliphatic carbocycles. The number of piperazine rings is 1. The van der Waals surface area contributed by atoms with Crippen LogP contribution in [0.4, 0.5) is 19.1 Å². The molecule has 210 valence electrons. The van der Waals surface area contributed by atoms with E-state index >= 15 is 0 Å². The number of hydrogen-bond donors (Lipinski definition) is 2. The van der Waals surface area contributed by atoms with E-state index in [9.17, 15) is 22.8 Å². The third-order valence-electron chi connectivity index (χ3n) is 6.40. The van der Waals surface area contributed by atoms with Gasteiger partial charge < -0.3 is 24.7 Å². The average molecular weight is 588 g/mol. The largest absolute Gasteiger partial charge is 0.472 e. The minimum atomic E-state index is -4.72. The average Bonchev–Trinajstić information content (AvgIpc) is 3.68. The molecule has 2 aliphatic rings. The van der Waals surface area contributed by atoms with Crippen LogP contribution in [-0.2, 0) is 16.1 Å². The summed E-state index contributed by atoms with van der Waals surface area (Å²) in [4.78, 5) is 34.6. The van der Waals surface area contributed by atoms with Gasteiger partial charge in [-0.15, -0.1) is 16.4 Å². The van der Waals surface area contributed by atoms with Gasteiger partial charge in [0.2, 0.25) is 11.9 Å². The number of hydrogen-bond acceptors (Lipinski definition) is 10. The maximum atomic E-state index is 14.2. The van der Waals surface area contributed by atoms with E-state index in [-0.39, 0.29) is 43.5 Å². The van der Waals surface area contributed by atoms with E-state index in [4.69, 9.17) is 20.8 Å². The maximum absolute atomic E-state index is 14.2. The van der Waals surface area contributed by atoms with Gasteiger partial charge >= 0.3 is 6.18 Å². The van der Waals surface area contributed by atoms with Gasteiger partial charge in [-0.05, 0) is 18.2 Å². The minimum absolute atomic E-state index is 0.0150. The molecule has 2 atom stereocenters. The van der Waals surface area contributed by atoms with Crippen LogP contribution in [-0.4, -0.2) is 94.5 Å². The number of alkyl halides is 3. The highest BCUT2D eigenvalue weighted by Crippen LogP contribution is 2.36. The van der Waals surface area contributed by atoms with Crippen LogP contribution in [0.2, 0.25) is 4.34 Å². The first kappa shape index (κ1) is 27.6. The molecule has 5 rings (SSSR count). The van der Waals surface area contributed by atoms with Crippen molar-refractivity contribution < 1.29 is 31.9 Å². The van der Waals surface area contributed by atoms with Crippen LogP contribution in [0.5, 0.6) is 0 Å². The summed E-state index contributed by atoms with van der Waals surface area (Å²) in [5.41, 5.74) is 0.128. The molecule has 2 aliphatic heterocycles. The predicted molar refractivity (Wildman–Crippen MR) is 135 cm³/mol. The van der Waals surface area contributed by atoms with Gasteiger partial charge in [-0.3, -0.25) is 14.5 Å². The molecule has 5 heterocycles. The Kier molecular flexibility index (Phi) is 8.23. The first-order chi connectivity index (χ1) is 18.7.